The molecule has 1 fully saturated rings. The fourth-order valence-electron chi connectivity index (χ4n) is 4.28. The van der Waals surface area contributed by atoms with Crippen LogP contribution in [0, 0.1) is 5.82 Å². The topological polar surface area (TPSA) is 75.9 Å². The van der Waals surface area contributed by atoms with Gasteiger partial charge in [-0.15, -0.1) is 10.2 Å². The Labute approximate surface area is 191 Å². The molecule has 33 heavy (non-hydrogen) atoms. The Bertz CT molecular complexity index is 1290. The van der Waals surface area contributed by atoms with E-state index in [0.717, 1.165) is 41.7 Å². The number of anilines is 1. The highest BCUT2D eigenvalue weighted by atomic mass is 19.1. The van der Waals surface area contributed by atoms with E-state index in [9.17, 15) is 9.18 Å². The van der Waals surface area contributed by atoms with Crippen molar-refractivity contribution in [3.8, 4) is 11.1 Å². The zero-order valence-corrected chi connectivity index (χ0v) is 18.5. The second-order valence-electron chi connectivity index (χ2n) is 8.43. The quantitative estimate of drug-likeness (QED) is 0.494. The van der Waals surface area contributed by atoms with E-state index >= 15 is 0 Å². The van der Waals surface area contributed by atoms with Crippen molar-refractivity contribution in [2.24, 2.45) is 7.05 Å². The number of benzene rings is 2. The number of aromatic nitrogens is 4. The van der Waals surface area contributed by atoms with Gasteiger partial charge in [-0.1, -0.05) is 12.5 Å². The molecule has 2 aromatic carbocycles. The maximum absolute atomic E-state index is 13.1. The van der Waals surface area contributed by atoms with Crippen molar-refractivity contribution < 1.29 is 9.18 Å². The summed E-state index contributed by atoms with van der Waals surface area (Å²) in [6.07, 6.45) is 5.70. The number of amides is 1. The normalized spacial score (nSPS) is 14.5. The number of halogens is 1. The first-order valence-electron chi connectivity index (χ1n) is 11.1. The first kappa shape index (κ1) is 21.2. The molecule has 0 spiro atoms. The minimum Gasteiger partial charge on any atom is -0.305 e. The predicted molar refractivity (Wildman–Crippen MR) is 125 cm³/mol. The Hall–Kier alpha value is -3.65. The van der Waals surface area contributed by atoms with E-state index < -0.39 is 0 Å². The van der Waals surface area contributed by atoms with Gasteiger partial charge < -0.3 is 5.32 Å². The average molecular weight is 445 g/mol. The number of hydrogen-bond acceptors (Lipinski definition) is 5. The van der Waals surface area contributed by atoms with Gasteiger partial charge in [0.1, 0.15) is 5.82 Å². The van der Waals surface area contributed by atoms with Gasteiger partial charge in [-0.2, -0.15) is 5.10 Å². The second-order valence-corrected chi connectivity index (χ2v) is 8.43. The molecule has 0 aliphatic carbocycles. The van der Waals surface area contributed by atoms with Gasteiger partial charge in [-0.25, -0.2) is 4.39 Å². The zero-order valence-electron chi connectivity index (χ0n) is 18.5. The van der Waals surface area contributed by atoms with E-state index in [1.807, 2.05) is 36.1 Å². The summed E-state index contributed by atoms with van der Waals surface area (Å²) in [6.45, 7) is 3.11. The number of carbonyl (C=O) groups excluding carboxylic acids is 1. The third-order valence-electron chi connectivity index (χ3n) is 6.13. The first-order valence-corrected chi connectivity index (χ1v) is 11.1. The molecule has 0 bridgehead atoms. The molecule has 0 radical (unpaired) electrons. The minimum absolute atomic E-state index is 0.341. The molecule has 0 atom stereocenters. The SMILES string of the molecule is Cn1ncc(-c2ccc3nnc(NC(=O)c4ccc(F)cc4)cc3c2)c1CN1CCCCC1. The van der Waals surface area contributed by atoms with Crippen LogP contribution in [-0.4, -0.2) is 43.9 Å². The van der Waals surface area contributed by atoms with E-state index in [1.165, 1.54) is 49.2 Å². The highest BCUT2D eigenvalue weighted by Crippen LogP contribution is 2.28. The van der Waals surface area contributed by atoms with Crippen molar-refractivity contribution >= 4 is 22.6 Å². The molecule has 0 unspecified atom stereocenters. The van der Waals surface area contributed by atoms with Crippen LogP contribution in [0.25, 0.3) is 22.0 Å². The van der Waals surface area contributed by atoms with Gasteiger partial charge in [0, 0.05) is 30.1 Å². The van der Waals surface area contributed by atoms with E-state index in [2.05, 4.69) is 25.5 Å². The van der Waals surface area contributed by atoms with Gasteiger partial charge in [-0.05, 0) is 74.0 Å². The van der Waals surface area contributed by atoms with Gasteiger partial charge in [0.2, 0.25) is 0 Å². The van der Waals surface area contributed by atoms with Gasteiger partial charge in [0.05, 0.1) is 17.4 Å². The average Bonchev–Trinajstić information content (AvgIpc) is 3.19. The lowest BCUT2D eigenvalue weighted by Gasteiger charge is -2.26. The Balaban J connectivity index is 1.41. The lowest BCUT2D eigenvalue weighted by molar-refractivity contribution is 0.102. The van der Waals surface area contributed by atoms with Crippen molar-refractivity contribution in [1.82, 2.24) is 24.9 Å². The van der Waals surface area contributed by atoms with Crippen molar-refractivity contribution in [1.29, 1.82) is 0 Å². The molecule has 168 valence electrons. The summed E-state index contributed by atoms with van der Waals surface area (Å²) in [5, 5.41) is 16.5. The van der Waals surface area contributed by atoms with Crippen LogP contribution in [0.1, 0.15) is 35.3 Å². The molecule has 7 nitrogen and oxygen atoms in total. The summed E-state index contributed by atoms with van der Waals surface area (Å²) < 4.78 is 15.1. The van der Waals surface area contributed by atoms with E-state index in [4.69, 9.17) is 0 Å². The van der Waals surface area contributed by atoms with Crippen LogP contribution in [0.15, 0.2) is 54.7 Å². The molecule has 1 aliphatic heterocycles. The first-order chi connectivity index (χ1) is 16.1. The molecule has 8 heteroatoms. The maximum atomic E-state index is 13.1. The van der Waals surface area contributed by atoms with Crippen LogP contribution in [0.5, 0.6) is 0 Å². The highest BCUT2D eigenvalue weighted by Gasteiger charge is 2.17. The van der Waals surface area contributed by atoms with Crippen molar-refractivity contribution in [2.75, 3.05) is 18.4 Å². The lowest BCUT2D eigenvalue weighted by Crippen LogP contribution is -2.30. The highest BCUT2D eigenvalue weighted by molar-refractivity contribution is 6.04. The van der Waals surface area contributed by atoms with Gasteiger partial charge in [-0.3, -0.25) is 14.4 Å². The zero-order chi connectivity index (χ0) is 22.8. The molecule has 3 heterocycles. The van der Waals surface area contributed by atoms with Gasteiger partial charge in [0.15, 0.2) is 5.82 Å². The number of piperidine rings is 1. The molecule has 1 N–H and O–H groups in total. The number of carbonyl (C=O) groups is 1. The van der Waals surface area contributed by atoms with Crippen LogP contribution in [0.3, 0.4) is 0 Å². The number of aryl methyl sites for hydroxylation is 1. The van der Waals surface area contributed by atoms with Crippen molar-refractivity contribution in [3.63, 3.8) is 0 Å². The third kappa shape index (κ3) is 4.61. The fourth-order valence-corrected chi connectivity index (χ4v) is 4.28. The summed E-state index contributed by atoms with van der Waals surface area (Å²) >= 11 is 0. The van der Waals surface area contributed by atoms with Crippen molar-refractivity contribution in [2.45, 2.75) is 25.8 Å². The summed E-state index contributed by atoms with van der Waals surface area (Å²) in [4.78, 5) is 15.0. The Morgan fingerprint density at radius 3 is 2.61 bits per heavy atom. The Morgan fingerprint density at radius 2 is 1.82 bits per heavy atom. The minimum atomic E-state index is -0.389. The number of nitrogens with one attached hydrogen (secondary N) is 1. The molecule has 4 aromatic rings. The lowest BCUT2D eigenvalue weighted by atomic mass is 10.0. The van der Waals surface area contributed by atoms with Crippen LogP contribution >= 0.6 is 0 Å². The molecular weight excluding hydrogens is 419 g/mol. The predicted octanol–water partition coefficient (Wildman–Crippen LogP) is 4.41. The maximum Gasteiger partial charge on any atom is 0.256 e. The van der Waals surface area contributed by atoms with Crippen LogP contribution in [0.2, 0.25) is 0 Å². The van der Waals surface area contributed by atoms with Crippen LogP contribution in [0.4, 0.5) is 10.2 Å². The molecule has 1 saturated heterocycles. The number of hydrogen-bond donors (Lipinski definition) is 1. The summed E-state index contributed by atoms with van der Waals surface area (Å²) in [5.74, 6) is -0.413. The number of rotatable bonds is 5. The summed E-state index contributed by atoms with van der Waals surface area (Å²) in [7, 11) is 1.98. The largest absolute Gasteiger partial charge is 0.305 e. The van der Waals surface area contributed by atoms with Gasteiger partial charge >= 0.3 is 0 Å². The summed E-state index contributed by atoms with van der Waals surface area (Å²) in [5.41, 5.74) is 4.41. The van der Waals surface area contributed by atoms with E-state index in [1.54, 1.807) is 6.07 Å². The van der Waals surface area contributed by atoms with Crippen molar-refractivity contribution in [3.05, 3.63) is 71.8 Å². The Morgan fingerprint density at radius 1 is 1.03 bits per heavy atom. The molecule has 5 rings (SSSR count). The second kappa shape index (κ2) is 9.07. The Kier molecular flexibility index (Phi) is 5.83. The molecule has 1 aliphatic rings. The summed E-state index contributed by atoms with van der Waals surface area (Å²) in [6, 6.07) is 13.2. The van der Waals surface area contributed by atoms with Crippen LogP contribution < -0.4 is 5.32 Å². The van der Waals surface area contributed by atoms with E-state index in [-0.39, 0.29) is 11.7 Å². The molecule has 2 aromatic heterocycles. The van der Waals surface area contributed by atoms with E-state index in [0.29, 0.717) is 11.4 Å². The third-order valence-corrected chi connectivity index (χ3v) is 6.13. The van der Waals surface area contributed by atoms with Gasteiger partial charge in [0.25, 0.3) is 5.91 Å². The number of nitrogens with zero attached hydrogens (tertiary/aromatic N) is 5. The molecular formula is C25H25FN6O. The standard InChI is InChI=1S/C25H25FN6O/c1-31-23(16-32-11-3-2-4-12-32)21(15-27-31)18-7-10-22-19(13-18)14-24(30-29-22)28-25(33)17-5-8-20(26)9-6-17/h5-10,13-15H,2-4,11-12,16H2,1H3,(H,28,30,33). The fraction of sp³-hybridized carbons (Fsp3) is 0.280. The number of likely N-dealkylation sites (tertiary alicyclic amines) is 1. The smallest absolute Gasteiger partial charge is 0.256 e. The number of fused-ring (bicyclic) bond motifs is 1. The monoisotopic (exact) mass is 444 g/mol. The molecule has 0 saturated carbocycles. The molecule has 1 amide bonds. The van der Waals surface area contributed by atoms with Crippen LogP contribution in [-0.2, 0) is 13.6 Å².